The van der Waals surface area contributed by atoms with Gasteiger partial charge >= 0.3 is 5.97 Å². The third kappa shape index (κ3) is 5.51. The highest BCUT2D eigenvalue weighted by Gasteiger charge is 2.32. The lowest BCUT2D eigenvalue weighted by atomic mass is 10.1. The fraction of sp³-hybridized carbons (Fsp3) is 0.667. The Morgan fingerprint density at radius 2 is 2.13 bits per heavy atom. The Labute approximate surface area is 142 Å². The molecule has 1 fully saturated rings. The van der Waals surface area contributed by atoms with E-state index in [1.807, 2.05) is 0 Å². The fourth-order valence-corrected chi connectivity index (χ4v) is 2.01. The molecule has 0 atom stereocenters. The number of halogens is 1. The molecule has 1 heterocycles. The molecule has 7 nitrogen and oxygen atoms in total. The predicted molar refractivity (Wildman–Crippen MR) is 89.7 cm³/mol. The number of nitrogens with one attached hydrogen (secondary N) is 2. The number of ether oxygens (including phenoxy) is 1. The van der Waals surface area contributed by atoms with Crippen LogP contribution < -0.4 is 10.6 Å². The number of hydrogen-bond donors (Lipinski definition) is 2. The van der Waals surface area contributed by atoms with Gasteiger partial charge in [-0.15, -0.1) is 12.4 Å². The first kappa shape index (κ1) is 19.4. The summed E-state index contributed by atoms with van der Waals surface area (Å²) in [4.78, 5) is 23.7. The van der Waals surface area contributed by atoms with Crippen molar-refractivity contribution >= 4 is 30.0 Å². The van der Waals surface area contributed by atoms with Gasteiger partial charge in [0.15, 0.2) is 5.54 Å². The third-order valence-corrected chi connectivity index (χ3v) is 3.63. The summed E-state index contributed by atoms with van der Waals surface area (Å²) in [6, 6.07) is 0. The predicted octanol–water partition coefficient (Wildman–Crippen LogP) is 1.54. The van der Waals surface area contributed by atoms with Gasteiger partial charge in [0.1, 0.15) is 0 Å². The summed E-state index contributed by atoms with van der Waals surface area (Å²) < 4.78 is 6.53. The molecule has 0 aromatic carbocycles. The van der Waals surface area contributed by atoms with Gasteiger partial charge in [0.2, 0.25) is 5.91 Å². The van der Waals surface area contributed by atoms with Crippen molar-refractivity contribution in [1.82, 2.24) is 15.1 Å². The standard InChI is InChI=1S/C15H24N4O3.ClH/c1-4-22-14(21)15(2,3)19-10-12(8-17-19)18-13(20)9-16-7-11-5-6-11;/h8,10-11,16H,4-7,9H2,1-3H3,(H,18,20);1H. The SMILES string of the molecule is CCOC(=O)C(C)(C)n1cc(NC(=O)CNCC2CC2)cn1.Cl. The number of aromatic nitrogens is 2. The molecule has 1 aliphatic carbocycles. The lowest BCUT2D eigenvalue weighted by molar-refractivity contribution is -0.152. The van der Waals surface area contributed by atoms with E-state index in [2.05, 4.69) is 15.7 Å². The maximum atomic E-state index is 11.9. The lowest BCUT2D eigenvalue weighted by Crippen LogP contribution is -2.37. The molecule has 1 amide bonds. The van der Waals surface area contributed by atoms with Crippen LogP contribution in [0.3, 0.4) is 0 Å². The summed E-state index contributed by atoms with van der Waals surface area (Å²) in [7, 11) is 0. The average Bonchev–Trinajstić information content (AvgIpc) is 3.15. The zero-order valence-corrected chi connectivity index (χ0v) is 14.6. The van der Waals surface area contributed by atoms with E-state index in [4.69, 9.17) is 4.74 Å². The molecule has 8 heteroatoms. The Bertz CT molecular complexity index is 541. The minimum atomic E-state index is -0.913. The molecule has 0 bridgehead atoms. The first-order valence-electron chi connectivity index (χ1n) is 7.66. The van der Waals surface area contributed by atoms with Gasteiger partial charge in [-0.05, 0) is 46.1 Å². The van der Waals surface area contributed by atoms with Crippen molar-refractivity contribution in [2.45, 2.75) is 39.2 Å². The fourth-order valence-electron chi connectivity index (χ4n) is 2.01. The van der Waals surface area contributed by atoms with E-state index in [9.17, 15) is 9.59 Å². The summed E-state index contributed by atoms with van der Waals surface area (Å²) in [6.07, 6.45) is 5.67. The van der Waals surface area contributed by atoms with Gasteiger partial charge in [-0.1, -0.05) is 0 Å². The summed E-state index contributed by atoms with van der Waals surface area (Å²) in [6.45, 7) is 6.70. The Kier molecular flexibility index (Phi) is 7.02. The van der Waals surface area contributed by atoms with Gasteiger partial charge in [-0.3, -0.25) is 9.48 Å². The molecule has 0 spiro atoms. The van der Waals surface area contributed by atoms with Gasteiger partial charge in [0, 0.05) is 6.20 Å². The van der Waals surface area contributed by atoms with Crippen molar-refractivity contribution in [2.24, 2.45) is 5.92 Å². The summed E-state index contributed by atoms with van der Waals surface area (Å²) in [5.41, 5.74) is -0.348. The highest BCUT2D eigenvalue weighted by atomic mass is 35.5. The quantitative estimate of drug-likeness (QED) is 0.699. The van der Waals surface area contributed by atoms with Crippen molar-refractivity contribution in [2.75, 3.05) is 25.0 Å². The number of carbonyl (C=O) groups excluding carboxylic acids is 2. The Morgan fingerprint density at radius 1 is 1.43 bits per heavy atom. The second-order valence-corrected chi connectivity index (χ2v) is 6.08. The molecular formula is C15H25ClN4O3. The molecule has 1 aromatic rings. The number of rotatable bonds is 8. The van der Waals surface area contributed by atoms with Gasteiger partial charge < -0.3 is 15.4 Å². The first-order valence-corrected chi connectivity index (χ1v) is 7.66. The summed E-state index contributed by atoms with van der Waals surface area (Å²) in [5.74, 6) is 0.261. The zero-order valence-electron chi connectivity index (χ0n) is 13.8. The van der Waals surface area contributed by atoms with Crippen LogP contribution in [0.2, 0.25) is 0 Å². The molecule has 0 aliphatic heterocycles. The lowest BCUT2D eigenvalue weighted by Gasteiger charge is -2.22. The second-order valence-electron chi connectivity index (χ2n) is 6.08. The molecule has 1 aliphatic rings. The molecule has 0 radical (unpaired) electrons. The van der Waals surface area contributed by atoms with Crippen molar-refractivity contribution in [3.8, 4) is 0 Å². The minimum absolute atomic E-state index is 0. The van der Waals surface area contributed by atoms with Gasteiger partial charge in [0.25, 0.3) is 0 Å². The molecule has 0 unspecified atom stereocenters. The van der Waals surface area contributed by atoms with Crippen LogP contribution >= 0.6 is 12.4 Å². The normalized spacial score (nSPS) is 14.0. The van der Waals surface area contributed by atoms with Gasteiger partial charge in [-0.25, -0.2) is 4.79 Å². The maximum Gasteiger partial charge on any atom is 0.333 e. The zero-order chi connectivity index (χ0) is 16.2. The number of anilines is 1. The van der Waals surface area contributed by atoms with Crippen molar-refractivity contribution in [3.63, 3.8) is 0 Å². The highest BCUT2D eigenvalue weighted by Crippen LogP contribution is 2.27. The number of carbonyl (C=O) groups is 2. The molecule has 23 heavy (non-hydrogen) atoms. The monoisotopic (exact) mass is 344 g/mol. The number of hydrogen-bond acceptors (Lipinski definition) is 5. The van der Waals surface area contributed by atoms with Crippen LogP contribution in [-0.2, 0) is 19.9 Å². The third-order valence-electron chi connectivity index (χ3n) is 3.63. The topological polar surface area (TPSA) is 85.2 Å². The van der Waals surface area contributed by atoms with E-state index in [0.29, 0.717) is 12.3 Å². The largest absolute Gasteiger partial charge is 0.464 e. The van der Waals surface area contributed by atoms with Crippen LogP contribution in [-0.4, -0.2) is 41.4 Å². The smallest absolute Gasteiger partial charge is 0.333 e. The van der Waals surface area contributed by atoms with E-state index >= 15 is 0 Å². The Hall–Kier alpha value is -1.60. The summed E-state index contributed by atoms with van der Waals surface area (Å²) >= 11 is 0. The Morgan fingerprint density at radius 3 is 2.74 bits per heavy atom. The van der Waals surface area contributed by atoms with Gasteiger partial charge in [0.05, 0.1) is 25.0 Å². The van der Waals surface area contributed by atoms with Crippen LogP contribution in [0.5, 0.6) is 0 Å². The van der Waals surface area contributed by atoms with E-state index in [1.165, 1.54) is 23.7 Å². The maximum absolute atomic E-state index is 11.9. The van der Waals surface area contributed by atoms with E-state index in [-0.39, 0.29) is 30.8 Å². The van der Waals surface area contributed by atoms with Crippen LogP contribution in [0.15, 0.2) is 12.4 Å². The van der Waals surface area contributed by atoms with Crippen molar-refractivity contribution in [1.29, 1.82) is 0 Å². The van der Waals surface area contributed by atoms with Crippen LogP contribution in [0.4, 0.5) is 5.69 Å². The van der Waals surface area contributed by atoms with Crippen LogP contribution in [0, 0.1) is 5.92 Å². The molecule has 130 valence electrons. The second kappa shape index (κ2) is 8.31. The highest BCUT2D eigenvalue weighted by molar-refractivity contribution is 5.92. The van der Waals surface area contributed by atoms with Crippen LogP contribution in [0.25, 0.3) is 0 Å². The van der Waals surface area contributed by atoms with E-state index in [0.717, 1.165) is 12.5 Å². The summed E-state index contributed by atoms with van der Waals surface area (Å²) in [5, 5.41) is 10.0. The number of amides is 1. The van der Waals surface area contributed by atoms with Gasteiger partial charge in [-0.2, -0.15) is 5.10 Å². The number of nitrogens with zero attached hydrogens (tertiary/aromatic N) is 2. The molecule has 0 saturated heterocycles. The minimum Gasteiger partial charge on any atom is -0.464 e. The molecule has 1 saturated carbocycles. The van der Waals surface area contributed by atoms with Crippen molar-refractivity contribution < 1.29 is 14.3 Å². The average molecular weight is 345 g/mol. The Balaban J connectivity index is 0.00000264. The van der Waals surface area contributed by atoms with E-state index in [1.54, 1.807) is 27.0 Å². The molecule has 2 N–H and O–H groups in total. The first-order chi connectivity index (χ1) is 10.4. The molecule has 1 aromatic heterocycles. The van der Waals surface area contributed by atoms with E-state index < -0.39 is 5.54 Å². The van der Waals surface area contributed by atoms with Crippen LogP contribution in [0.1, 0.15) is 33.6 Å². The molecule has 2 rings (SSSR count). The van der Waals surface area contributed by atoms with Crippen molar-refractivity contribution in [3.05, 3.63) is 12.4 Å². The number of esters is 1. The molecular weight excluding hydrogens is 320 g/mol.